The molecule has 0 aliphatic carbocycles. The number of hydrogen-bond donors (Lipinski definition) is 0. The van der Waals surface area contributed by atoms with Crippen LogP contribution in [-0.2, 0) is 4.79 Å². The van der Waals surface area contributed by atoms with Crippen LogP contribution in [0, 0.1) is 0 Å². The number of benzene rings is 3. The van der Waals surface area contributed by atoms with E-state index >= 15 is 0 Å². The van der Waals surface area contributed by atoms with E-state index in [1.54, 1.807) is 14.2 Å². The molecule has 1 fully saturated rings. The molecule has 0 bridgehead atoms. The molecule has 1 amide bonds. The molecule has 0 saturated carbocycles. The van der Waals surface area contributed by atoms with Crippen LogP contribution in [0.3, 0.4) is 0 Å². The van der Waals surface area contributed by atoms with E-state index in [9.17, 15) is 4.79 Å². The third-order valence-electron chi connectivity index (χ3n) is 6.22. The molecule has 32 heavy (non-hydrogen) atoms. The maximum atomic E-state index is 13.7. The standard InChI is InChI=1S/C26H26N2O4/c1-30-19-15-18(16-20(17-19)31-2)27-11-13-28(14-12-27)26(29)25-21-7-3-5-9-23(21)32-24-10-6-4-8-22(24)25/h3-10,15-17,25H,11-14H2,1-2H3. The average Bonchev–Trinajstić information content (AvgIpc) is 2.86. The van der Waals surface area contributed by atoms with Gasteiger partial charge in [-0.1, -0.05) is 36.4 Å². The SMILES string of the molecule is COc1cc(OC)cc(N2CCN(C(=O)C3c4ccccc4Oc4ccccc43)CC2)c1. The second kappa shape index (κ2) is 8.46. The Morgan fingerprint density at radius 1 is 0.812 bits per heavy atom. The van der Waals surface area contributed by atoms with Crippen molar-refractivity contribution in [3.63, 3.8) is 0 Å². The Bertz CT molecular complexity index is 1070. The van der Waals surface area contributed by atoms with Crippen molar-refractivity contribution in [2.75, 3.05) is 45.3 Å². The van der Waals surface area contributed by atoms with E-state index in [0.29, 0.717) is 13.1 Å². The number of fused-ring (bicyclic) bond motifs is 2. The Balaban J connectivity index is 1.37. The van der Waals surface area contributed by atoms with Gasteiger partial charge >= 0.3 is 0 Å². The highest BCUT2D eigenvalue weighted by Gasteiger charge is 2.36. The van der Waals surface area contributed by atoms with Gasteiger partial charge in [0.1, 0.15) is 23.0 Å². The fraction of sp³-hybridized carbons (Fsp3) is 0.269. The number of para-hydroxylation sites is 2. The second-order valence-electron chi connectivity index (χ2n) is 7.99. The Kier molecular flexibility index (Phi) is 5.35. The molecule has 0 atom stereocenters. The molecule has 2 heterocycles. The average molecular weight is 431 g/mol. The summed E-state index contributed by atoms with van der Waals surface area (Å²) in [5.74, 6) is 2.80. The van der Waals surface area contributed by atoms with Crippen molar-refractivity contribution in [3.05, 3.63) is 77.9 Å². The van der Waals surface area contributed by atoms with Crippen molar-refractivity contribution >= 4 is 11.6 Å². The van der Waals surface area contributed by atoms with E-state index in [0.717, 1.165) is 52.9 Å². The third kappa shape index (κ3) is 3.62. The van der Waals surface area contributed by atoms with E-state index < -0.39 is 0 Å². The molecule has 6 heteroatoms. The van der Waals surface area contributed by atoms with Crippen LogP contribution in [0.25, 0.3) is 0 Å². The molecule has 164 valence electrons. The van der Waals surface area contributed by atoms with Gasteiger partial charge in [0.05, 0.1) is 20.1 Å². The van der Waals surface area contributed by atoms with E-state index in [2.05, 4.69) is 4.90 Å². The largest absolute Gasteiger partial charge is 0.497 e. The highest BCUT2D eigenvalue weighted by Crippen LogP contribution is 2.44. The molecular weight excluding hydrogens is 404 g/mol. The molecule has 3 aromatic carbocycles. The molecule has 0 spiro atoms. The predicted octanol–water partition coefficient (Wildman–Crippen LogP) is 4.29. The Morgan fingerprint density at radius 2 is 1.34 bits per heavy atom. The minimum absolute atomic E-state index is 0.121. The van der Waals surface area contributed by atoms with Gasteiger partial charge in [-0.05, 0) is 12.1 Å². The van der Waals surface area contributed by atoms with E-state index in [1.807, 2.05) is 71.6 Å². The molecule has 5 rings (SSSR count). The maximum Gasteiger partial charge on any atom is 0.234 e. The minimum Gasteiger partial charge on any atom is -0.497 e. The lowest BCUT2D eigenvalue weighted by Gasteiger charge is -2.39. The number of anilines is 1. The lowest BCUT2D eigenvalue weighted by Crippen LogP contribution is -2.50. The number of hydrogen-bond acceptors (Lipinski definition) is 5. The molecule has 0 radical (unpaired) electrons. The minimum atomic E-state index is -0.348. The first kappa shape index (κ1) is 20.2. The summed E-state index contributed by atoms with van der Waals surface area (Å²) in [6.45, 7) is 2.79. The number of methoxy groups -OCH3 is 2. The summed E-state index contributed by atoms with van der Waals surface area (Å²) < 4.78 is 16.9. The molecule has 6 nitrogen and oxygen atoms in total. The summed E-state index contributed by atoms with van der Waals surface area (Å²) in [4.78, 5) is 18.0. The van der Waals surface area contributed by atoms with Gasteiger partial charge < -0.3 is 24.0 Å². The van der Waals surface area contributed by atoms with E-state index in [4.69, 9.17) is 14.2 Å². The zero-order chi connectivity index (χ0) is 22.1. The molecule has 0 aromatic heterocycles. The highest BCUT2D eigenvalue weighted by atomic mass is 16.5. The van der Waals surface area contributed by atoms with Crippen molar-refractivity contribution in [3.8, 4) is 23.0 Å². The topological polar surface area (TPSA) is 51.2 Å². The molecule has 0 N–H and O–H groups in total. The molecule has 0 unspecified atom stereocenters. The number of carbonyl (C=O) groups excluding carboxylic acids is 1. The van der Waals surface area contributed by atoms with Gasteiger partial charge in [-0.2, -0.15) is 0 Å². The number of amides is 1. The van der Waals surface area contributed by atoms with Gasteiger partial charge in [-0.25, -0.2) is 0 Å². The summed E-state index contributed by atoms with van der Waals surface area (Å²) in [7, 11) is 3.30. The van der Waals surface area contributed by atoms with Crippen molar-refractivity contribution in [1.82, 2.24) is 4.90 Å². The summed E-state index contributed by atoms with van der Waals surface area (Å²) in [5, 5.41) is 0. The number of piperazine rings is 1. The van der Waals surface area contributed by atoms with Crippen LogP contribution < -0.4 is 19.1 Å². The zero-order valence-electron chi connectivity index (χ0n) is 18.3. The van der Waals surface area contributed by atoms with Crippen molar-refractivity contribution in [1.29, 1.82) is 0 Å². The second-order valence-corrected chi connectivity index (χ2v) is 7.99. The van der Waals surface area contributed by atoms with Crippen molar-refractivity contribution in [2.24, 2.45) is 0 Å². The number of rotatable bonds is 4. The number of carbonyl (C=O) groups is 1. The van der Waals surface area contributed by atoms with Gasteiger partial charge in [-0.15, -0.1) is 0 Å². The zero-order valence-corrected chi connectivity index (χ0v) is 18.3. The smallest absolute Gasteiger partial charge is 0.234 e. The lowest BCUT2D eigenvalue weighted by molar-refractivity contribution is -0.132. The van der Waals surface area contributed by atoms with Crippen molar-refractivity contribution in [2.45, 2.75) is 5.92 Å². The summed E-state index contributed by atoms with van der Waals surface area (Å²) in [5.41, 5.74) is 2.89. The fourth-order valence-electron chi connectivity index (χ4n) is 4.52. The Hall–Kier alpha value is -3.67. The van der Waals surface area contributed by atoms with Crippen LogP contribution >= 0.6 is 0 Å². The fourth-order valence-corrected chi connectivity index (χ4v) is 4.52. The van der Waals surface area contributed by atoms with E-state index in [-0.39, 0.29) is 11.8 Å². The highest BCUT2D eigenvalue weighted by molar-refractivity contribution is 5.90. The first-order valence-electron chi connectivity index (χ1n) is 10.8. The lowest BCUT2D eigenvalue weighted by atomic mass is 9.86. The van der Waals surface area contributed by atoms with Crippen LogP contribution in [0.1, 0.15) is 17.0 Å². The quantitative estimate of drug-likeness (QED) is 0.618. The molecule has 2 aliphatic heterocycles. The first-order valence-corrected chi connectivity index (χ1v) is 10.8. The molecule has 2 aliphatic rings. The van der Waals surface area contributed by atoms with Gasteiger partial charge in [0.15, 0.2) is 0 Å². The molecule has 3 aromatic rings. The normalized spacial score (nSPS) is 15.4. The van der Waals surface area contributed by atoms with Gasteiger partial charge in [-0.3, -0.25) is 4.79 Å². The van der Waals surface area contributed by atoms with E-state index in [1.165, 1.54) is 0 Å². The van der Waals surface area contributed by atoms with Gasteiger partial charge in [0, 0.05) is 61.2 Å². The van der Waals surface area contributed by atoms with Crippen LogP contribution in [0.4, 0.5) is 5.69 Å². The Labute approximate surface area is 187 Å². The summed E-state index contributed by atoms with van der Waals surface area (Å²) in [6, 6.07) is 21.5. The number of ether oxygens (including phenoxy) is 3. The molecule has 1 saturated heterocycles. The van der Waals surface area contributed by atoms with Crippen LogP contribution in [0.15, 0.2) is 66.7 Å². The van der Waals surface area contributed by atoms with Crippen molar-refractivity contribution < 1.29 is 19.0 Å². The van der Waals surface area contributed by atoms with Crippen LogP contribution in [-0.4, -0.2) is 51.2 Å². The third-order valence-corrected chi connectivity index (χ3v) is 6.22. The maximum absolute atomic E-state index is 13.7. The van der Waals surface area contributed by atoms with Crippen LogP contribution in [0.2, 0.25) is 0 Å². The number of nitrogens with zero attached hydrogens (tertiary/aromatic N) is 2. The first-order chi connectivity index (χ1) is 15.7. The van der Waals surface area contributed by atoms with Gasteiger partial charge in [0.25, 0.3) is 0 Å². The Morgan fingerprint density at radius 3 is 1.88 bits per heavy atom. The monoisotopic (exact) mass is 430 g/mol. The predicted molar refractivity (Wildman–Crippen MR) is 123 cm³/mol. The summed E-state index contributed by atoms with van der Waals surface area (Å²) in [6.07, 6.45) is 0. The van der Waals surface area contributed by atoms with Crippen LogP contribution in [0.5, 0.6) is 23.0 Å². The van der Waals surface area contributed by atoms with Gasteiger partial charge in [0.2, 0.25) is 5.91 Å². The summed E-state index contributed by atoms with van der Waals surface area (Å²) >= 11 is 0. The molecular formula is C26H26N2O4.